The molecule has 11 nitrogen and oxygen atoms in total. The van der Waals surface area contributed by atoms with Gasteiger partial charge in [0.05, 0.1) is 25.1 Å². The number of carbonyl (C=O) groups is 4. The van der Waals surface area contributed by atoms with Crippen molar-refractivity contribution in [2.24, 2.45) is 11.8 Å². The molecular weight excluding hydrogens is 692 g/mol. The number of fused-ring (bicyclic) bond motifs is 2. The van der Waals surface area contributed by atoms with Gasteiger partial charge in [0.2, 0.25) is 11.8 Å². The van der Waals surface area contributed by atoms with Gasteiger partial charge in [0.15, 0.2) is 0 Å². The highest BCUT2D eigenvalue weighted by Crippen LogP contribution is 2.59. The molecule has 4 heterocycles. The third kappa shape index (κ3) is 6.30. The number of cyclic esters (lactones) is 1. The van der Waals surface area contributed by atoms with Crippen LogP contribution in [0.15, 0.2) is 77.3 Å². The normalized spacial score (nSPS) is 30.1. The average molecular weight is 736 g/mol. The van der Waals surface area contributed by atoms with Gasteiger partial charge in [0, 0.05) is 41.9 Å². The van der Waals surface area contributed by atoms with Crippen LogP contribution in [0.3, 0.4) is 0 Å². The van der Waals surface area contributed by atoms with Gasteiger partial charge in [0.1, 0.15) is 29.8 Å². The number of nitrogens with one attached hydrogen (secondary N) is 1. The van der Waals surface area contributed by atoms with E-state index in [1.807, 2.05) is 66.7 Å². The fourth-order valence-electron chi connectivity index (χ4n) is 7.59. The van der Waals surface area contributed by atoms with Gasteiger partial charge in [-0.25, -0.2) is 0 Å². The first kappa shape index (κ1) is 34.8. The van der Waals surface area contributed by atoms with Crippen LogP contribution >= 0.6 is 15.9 Å². The number of aliphatic hydroxyl groups is 1. The zero-order valence-corrected chi connectivity index (χ0v) is 29.5. The molecule has 2 N–H and O–H groups in total. The molecule has 0 saturated carbocycles. The first-order valence-corrected chi connectivity index (χ1v) is 17.8. The number of likely N-dealkylation sites (tertiary alicyclic amines) is 1. The van der Waals surface area contributed by atoms with Crippen molar-refractivity contribution >= 4 is 51.0 Å². The molecule has 4 aliphatic rings. The summed E-state index contributed by atoms with van der Waals surface area (Å²) in [7, 11) is 0. The predicted octanol–water partition coefficient (Wildman–Crippen LogP) is 3.87. The number of rotatable bonds is 7. The Hall–Kier alpha value is -4.00. The maximum absolute atomic E-state index is 15.0. The van der Waals surface area contributed by atoms with Gasteiger partial charge in [-0.1, -0.05) is 58.4 Å². The standard InChI is InChI=1S/C37H43BrN4O7/c1-4-40(5-2)25-15-17-26(18-16-25)41-19-11-7-10-14-29(44)39-21-28(24-12-8-6-9-13-24)48-36(47)30-31-34(45)42(23(3)22-43)33(35(41)46)37(31)20-27(38)32(30)49-37/h6-9,11-13,15-18,20,23,28,30-33,43H,4-5,10,14,19,21-22H2,1-3H3,(H,39,44)/b11-7-/t23-,28-,30-,31+,32-,33-,37+/m1/s1. The Balaban J connectivity index is 1.44. The summed E-state index contributed by atoms with van der Waals surface area (Å²) in [4.78, 5) is 61.7. The van der Waals surface area contributed by atoms with Crippen LogP contribution in [0.25, 0.3) is 0 Å². The summed E-state index contributed by atoms with van der Waals surface area (Å²) in [6.07, 6.45) is 4.40. The Labute approximate surface area is 295 Å². The lowest BCUT2D eigenvalue weighted by atomic mass is 9.74. The lowest BCUT2D eigenvalue weighted by Gasteiger charge is -2.37. The summed E-state index contributed by atoms with van der Waals surface area (Å²) >= 11 is 3.59. The molecule has 1 spiro atoms. The summed E-state index contributed by atoms with van der Waals surface area (Å²) < 4.78 is 13.3. The van der Waals surface area contributed by atoms with E-state index in [-0.39, 0.29) is 25.4 Å². The maximum atomic E-state index is 15.0. The van der Waals surface area contributed by atoms with E-state index in [4.69, 9.17) is 9.47 Å². The molecule has 49 heavy (non-hydrogen) atoms. The molecule has 2 fully saturated rings. The highest BCUT2D eigenvalue weighted by molar-refractivity contribution is 9.11. The van der Waals surface area contributed by atoms with Crippen molar-refractivity contribution in [2.45, 2.75) is 63.5 Å². The molecule has 0 aromatic heterocycles. The number of aliphatic hydroxyl groups excluding tert-OH is 1. The van der Waals surface area contributed by atoms with E-state index in [9.17, 15) is 19.5 Å². The van der Waals surface area contributed by atoms with Crippen LogP contribution in [0.2, 0.25) is 0 Å². The molecule has 260 valence electrons. The van der Waals surface area contributed by atoms with E-state index in [0.717, 1.165) is 18.8 Å². The smallest absolute Gasteiger partial charge is 0.313 e. The molecule has 3 amide bonds. The van der Waals surface area contributed by atoms with E-state index in [0.29, 0.717) is 22.2 Å². The Morgan fingerprint density at radius 1 is 1.02 bits per heavy atom. The molecule has 0 unspecified atom stereocenters. The van der Waals surface area contributed by atoms with Gasteiger partial charge >= 0.3 is 5.97 Å². The largest absolute Gasteiger partial charge is 0.455 e. The van der Waals surface area contributed by atoms with Gasteiger partial charge < -0.3 is 34.6 Å². The molecule has 2 aromatic carbocycles. The first-order valence-electron chi connectivity index (χ1n) is 17.0. The summed E-state index contributed by atoms with van der Waals surface area (Å²) in [6, 6.07) is 14.9. The van der Waals surface area contributed by atoms with Crippen LogP contribution in [0.4, 0.5) is 11.4 Å². The Morgan fingerprint density at radius 3 is 2.41 bits per heavy atom. The van der Waals surface area contributed by atoms with Gasteiger partial charge in [-0.2, -0.15) is 0 Å². The number of benzene rings is 2. The van der Waals surface area contributed by atoms with Gasteiger partial charge in [0.25, 0.3) is 5.91 Å². The highest BCUT2D eigenvalue weighted by Gasteiger charge is 2.75. The SMILES string of the molecule is CCN(CC)c1ccc(N2C/C=C\CCC(=O)NC[C@H](c3ccccc3)OC(=O)[C@H]3[C@@H]4O[C@@]5(C=C4Br)[C@@H]3C(=O)N([C@H](C)CO)[C@@H]5C2=O)cc1. The van der Waals surface area contributed by atoms with Crippen LogP contribution in [0, 0.1) is 11.8 Å². The summed E-state index contributed by atoms with van der Waals surface area (Å²) in [5, 5.41) is 13.2. The molecule has 7 atom stereocenters. The lowest BCUT2D eigenvalue weighted by Crippen LogP contribution is -2.58. The summed E-state index contributed by atoms with van der Waals surface area (Å²) in [5.74, 6) is -3.89. The van der Waals surface area contributed by atoms with Crippen LogP contribution in [-0.4, -0.2) is 90.3 Å². The van der Waals surface area contributed by atoms with Crippen LogP contribution in [0.1, 0.15) is 45.3 Å². The predicted molar refractivity (Wildman–Crippen MR) is 188 cm³/mol. The summed E-state index contributed by atoms with van der Waals surface area (Å²) in [6.45, 7) is 7.30. The van der Waals surface area contributed by atoms with Crippen molar-refractivity contribution in [1.82, 2.24) is 10.2 Å². The number of esters is 1. The van der Waals surface area contributed by atoms with E-state index < -0.39 is 66.1 Å². The minimum absolute atomic E-state index is 0.0450. The number of halogens is 1. The molecule has 5 bridgehead atoms. The number of allylic oxidation sites excluding steroid dienone is 1. The average Bonchev–Trinajstić information content (AvgIpc) is 3.71. The number of hydrogen-bond acceptors (Lipinski definition) is 8. The minimum Gasteiger partial charge on any atom is -0.455 e. The van der Waals surface area contributed by atoms with E-state index in [2.05, 4.69) is 40.0 Å². The zero-order chi connectivity index (χ0) is 34.9. The highest BCUT2D eigenvalue weighted by atomic mass is 79.9. The Bertz CT molecular complexity index is 1630. The number of hydrogen-bond donors (Lipinski definition) is 2. The van der Waals surface area contributed by atoms with Gasteiger partial charge in [-0.3, -0.25) is 19.2 Å². The van der Waals surface area contributed by atoms with E-state index >= 15 is 4.79 Å². The lowest BCUT2D eigenvalue weighted by molar-refractivity contribution is -0.160. The molecule has 2 saturated heterocycles. The maximum Gasteiger partial charge on any atom is 0.313 e. The third-order valence-corrected chi connectivity index (χ3v) is 10.8. The van der Waals surface area contributed by atoms with Crippen molar-refractivity contribution in [3.05, 3.63) is 82.9 Å². The second-order valence-corrected chi connectivity index (χ2v) is 13.8. The van der Waals surface area contributed by atoms with Crippen molar-refractivity contribution in [3.63, 3.8) is 0 Å². The molecule has 2 aromatic rings. The zero-order valence-electron chi connectivity index (χ0n) is 28.0. The number of ether oxygens (including phenoxy) is 2. The van der Waals surface area contributed by atoms with Gasteiger partial charge in [-0.15, -0.1) is 0 Å². The molecule has 0 aliphatic carbocycles. The van der Waals surface area contributed by atoms with Crippen LogP contribution in [-0.2, 0) is 28.7 Å². The number of carbonyl (C=O) groups excluding carboxylic acids is 4. The first-order chi connectivity index (χ1) is 23.6. The van der Waals surface area contributed by atoms with E-state index in [1.165, 1.54) is 4.90 Å². The number of nitrogens with zero attached hydrogens (tertiary/aromatic N) is 3. The van der Waals surface area contributed by atoms with Crippen molar-refractivity contribution in [1.29, 1.82) is 0 Å². The molecule has 0 radical (unpaired) electrons. The Morgan fingerprint density at radius 2 is 1.73 bits per heavy atom. The van der Waals surface area contributed by atoms with Gasteiger partial charge in [-0.05, 0) is 63.1 Å². The van der Waals surface area contributed by atoms with Crippen molar-refractivity contribution < 1.29 is 33.8 Å². The Kier molecular flexibility index (Phi) is 10.3. The fourth-order valence-corrected chi connectivity index (χ4v) is 8.33. The monoisotopic (exact) mass is 734 g/mol. The fraction of sp³-hybridized carbons (Fsp3) is 0.459. The second kappa shape index (κ2) is 14.5. The molecule has 6 rings (SSSR count). The number of amides is 3. The van der Waals surface area contributed by atoms with E-state index in [1.54, 1.807) is 17.9 Å². The quantitative estimate of drug-likeness (QED) is 0.324. The topological polar surface area (TPSA) is 129 Å². The molecular formula is C37H43BrN4O7. The van der Waals surface area contributed by atoms with Crippen molar-refractivity contribution in [3.8, 4) is 0 Å². The van der Waals surface area contributed by atoms with Crippen LogP contribution < -0.4 is 15.1 Å². The van der Waals surface area contributed by atoms with Crippen LogP contribution in [0.5, 0.6) is 0 Å². The molecule has 12 heteroatoms. The summed E-state index contributed by atoms with van der Waals surface area (Å²) in [5.41, 5.74) is 0.824. The number of anilines is 2. The second-order valence-electron chi connectivity index (χ2n) is 12.9. The minimum atomic E-state index is -1.49. The molecule has 4 aliphatic heterocycles. The van der Waals surface area contributed by atoms with Crippen molar-refractivity contribution in [2.75, 3.05) is 42.6 Å². The third-order valence-electron chi connectivity index (χ3n) is 10.1.